The fraction of sp³-hybridized carbons (Fsp3) is 0.222. The number of carbonyl (C=O) groups excluding carboxylic acids is 1. The number of nitro groups is 1. The van der Waals surface area contributed by atoms with Gasteiger partial charge >= 0.3 is 10.1 Å². The first-order chi connectivity index (χ1) is 7.70. The standard InChI is InChI=1S/C9H9NO6S/c1-6(11)8-5-7(10(12)13)3-4-9(8)16-17(2,14)15/h3-5H,1-2H3. The largest absolute Gasteiger partial charge is 0.382 e. The highest BCUT2D eigenvalue weighted by Crippen LogP contribution is 2.25. The molecule has 0 aliphatic heterocycles. The zero-order valence-corrected chi connectivity index (χ0v) is 9.85. The molecular formula is C9H9NO6S. The molecular weight excluding hydrogens is 250 g/mol. The van der Waals surface area contributed by atoms with Crippen LogP contribution in [0.5, 0.6) is 5.75 Å². The molecule has 0 bridgehead atoms. The molecule has 0 aliphatic rings. The summed E-state index contributed by atoms with van der Waals surface area (Å²) in [6, 6.07) is 3.12. The van der Waals surface area contributed by atoms with Gasteiger partial charge in [-0.05, 0) is 13.0 Å². The van der Waals surface area contributed by atoms with Crippen LogP contribution in [-0.4, -0.2) is 25.4 Å². The lowest BCUT2D eigenvalue weighted by Gasteiger charge is -2.06. The minimum absolute atomic E-state index is 0.148. The number of hydrogen-bond acceptors (Lipinski definition) is 6. The average molecular weight is 259 g/mol. The normalized spacial score (nSPS) is 10.9. The van der Waals surface area contributed by atoms with Gasteiger partial charge in [0, 0.05) is 12.1 Å². The second kappa shape index (κ2) is 4.50. The minimum atomic E-state index is -3.79. The lowest BCUT2D eigenvalue weighted by molar-refractivity contribution is -0.384. The molecule has 7 nitrogen and oxygen atoms in total. The van der Waals surface area contributed by atoms with Crippen LogP contribution in [0.4, 0.5) is 5.69 Å². The van der Waals surface area contributed by atoms with E-state index < -0.39 is 20.8 Å². The molecule has 0 N–H and O–H groups in total. The maximum atomic E-state index is 11.2. The molecule has 0 spiro atoms. The van der Waals surface area contributed by atoms with Crippen molar-refractivity contribution in [2.75, 3.05) is 6.26 Å². The van der Waals surface area contributed by atoms with E-state index in [1.807, 2.05) is 0 Å². The van der Waals surface area contributed by atoms with Crippen molar-refractivity contribution in [3.8, 4) is 5.75 Å². The highest BCUT2D eigenvalue weighted by atomic mass is 32.2. The van der Waals surface area contributed by atoms with Crippen molar-refractivity contribution in [1.29, 1.82) is 0 Å². The number of ketones is 1. The number of benzene rings is 1. The first kappa shape index (κ1) is 13.1. The molecule has 0 saturated carbocycles. The molecule has 0 heterocycles. The third kappa shape index (κ3) is 3.52. The van der Waals surface area contributed by atoms with Gasteiger partial charge in [0.1, 0.15) is 0 Å². The molecule has 17 heavy (non-hydrogen) atoms. The Labute approximate surface area is 97.3 Å². The Morgan fingerprint density at radius 1 is 1.41 bits per heavy atom. The van der Waals surface area contributed by atoms with E-state index in [9.17, 15) is 23.3 Å². The Kier molecular flexibility index (Phi) is 3.47. The van der Waals surface area contributed by atoms with E-state index in [1.54, 1.807) is 0 Å². The van der Waals surface area contributed by atoms with E-state index in [0.29, 0.717) is 0 Å². The SMILES string of the molecule is CC(=O)c1cc([N+](=O)[O-])ccc1OS(C)(=O)=O. The van der Waals surface area contributed by atoms with Gasteiger partial charge in [0.15, 0.2) is 11.5 Å². The summed E-state index contributed by atoms with van der Waals surface area (Å²) in [5.74, 6) is -0.738. The molecule has 0 unspecified atom stereocenters. The van der Waals surface area contributed by atoms with Crippen molar-refractivity contribution in [1.82, 2.24) is 0 Å². The Balaban J connectivity index is 3.32. The first-order valence-corrected chi connectivity index (χ1v) is 6.21. The Bertz CT molecular complexity index is 577. The van der Waals surface area contributed by atoms with E-state index >= 15 is 0 Å². The summed E-state index contributed by atoms with van der Waals surface area (Å²) < 4.78 is 26.4. The molecule has 92 valence electrons. The van der Waals surface area contributed by atoms with Crippen LogP contribution in [0.15, 0.2) is 18.2 Å². The van der Waals surface area contributed by atoms with Crippen LogP contribution in [-0.2, 0) is 10.1 Å². The number of hydrogen-bond donors (Lipinski definition) is 0. The van der Waals surface area contributed by atoms with E-state index in [1.165, 1.54) is 0 Å². The van der Waals surface area contributed by atoms with Crippen LogP contribution in [0, 0.1) is 10.1 Å². The topological polar surface area (TPSA) is 104 Å². The summed E-state index contributed by atoms with van der Waals surface area (Å²) in [6.45, 7) is 1.16. The monoisotopic (exact) mass is 259 g/mol. The molecule has 0 fully saturated rings. The summed E-state index contributed by atoms with van der Waals surface area (Å²) in [5, 5.41) is 10.5. The van der Waals surface area contributed by atoms with Crippen molar-refractivity contribution in [2.24, 2.45) is 0 Å². The molecule has 0 aromatic heterocycles. The lowest BCUT2D eigenvalue weighted by atomic mass is 10.1. The second-order valence-corrected chi connectivity index (χ2v) is 4.86. The van der Waals surface area contributed by atoms with E-state index in [0.717, 1.165) is 31.4 Å². The smallest absolute Gasteiger partial charge is 0.306 e. The van der Waals surface area contributed by atoms with Gasteiger partial charge in [-0.1, -0.05) is 0 Å². The number of rotatable bonds is 4. The molecule has 0 atom stereocenters. The van der Waals surface area contributed by atoms with Gasteiger partial charge in [-0.3, -0.25) is 14.9 Å². The Hall–Kier alpha value is -1.96. The van der Waals surface area contributed by atoms with Crippen molar-refractivity contribution in [3.63, 3.8) is 0 Å². The third-order valence-corrected chi connectivity index (χ3v) is 2.28. The fourth-order valence-electron chi connectivity index (χ4n) is 1.14. The van der Waals surface area contributed by atoms with Crippen LogP contribution in [0.25, 0.3) is 0 Å². The Morgan fingerprint density at radius 2 is 2.00 bits per heavy atom. The van der Waals surface area contributed by atoms with Gasteiger partial charge in [0.05, 0.1) is 16.7 Å². The van der Waals surface area contributed by atoms with Crippen molar-refractivity contribution >= 4 is 21.6 Å². The molecule has 0 aliphatic carbocycles. The third-order valence-electron chi connectivity index (χ3n) is 1.79. The average Bonchev–Trinajstić information content (AvgIpc) is 2.14. The van der Waals surface area contributed by atoms with Crippen molar-refractivity contribution < 1.29 is 22.3 Å². The van der Waals surface area contributed by atoms with Gasteiger partial charge in [0.2, 0.25) is 0 Å². The predicted octanol–water partition coefficient (Wildman–Crippen LogP) is 1.14. The Morgan fingerprint density at radius 3 is 2.41 bits per heavy atom. The summed E-state index contributed by atoms with van der Waals surface area (Å²) in [4.78, 5) is 21.1. The highest BCUT2D eigenvalue weighted by Gasteiger charge is 2.17. The number of nitro benzene ring substituents is 1. The maximum absolute atomic E-state index is 11.2. The number of nitrogens with zero attached hydrogens (tertiary/aromatic N) is 1. The first-order valence-electron chi connectivity index (χ1n) is 4.39. The summed E-state index contributed by atoms with van der Waals surface area (Å²) in [7, 11) is -3.79. The summed E-state index contributed by atoms with van der Waals surface area (Å²) in [6.07, 6.45) is 0.818. The predicted molar refractivity (Wildman–Crippen MR) is 58.6 cm³/mol. The highest BCUT2D eigenvalue weighted by molar-refractivity contribution is 7.86. The van der Waals surface area contributed by atoms with Gasteiger partial charge in [-0.15, -0.1) is 0 Å². The van der Waals surface area contributed by atoms with E-state index in [4.69, 9.17) is 0 Å². The second-order valence-electron chi connectivity index (χ2n) is 3.28. The van der Waals surface area contributed by atoms with Crippen LogP contribution >= 0.6 is 0 Å². The van der Waals surface area contributed by atoms with Gasteiger partial charge in [0.25, 0.3) is 5.69 Å². The van der Waals surface area contributed by atoms with Crippen molar-refractivity contribution in [2.45, 2.75) is 6.92 Å². The number of carbonyl (C=O) groups is 1. The lowest BCUT2D eigenvalue weighted by Crippen LogP contribution is -2.09. The van der Waals surface area contributed by atoms with Crippen LogP contribution in [0.3, 0.4) is 0 Å². The number of non-ortho nitro benzene ring substituents is 1. The molecule has 8 heteroatoms. The zero-order chi connectivity index (χ0) is 13.2. The summed E-state index contributed by atoms with van der Waals surface area (Å²) >= 11 is 0. The summed E-state index contributed by atoms with van der Waals surface area (Å²) in [5.41, 5.74) is -0.458. The van der Waals surface area contributed by atoms with Crippen LogP contribution in [0.2, 0.25) is 0 Å². The molecule has 0 amide bonds. The van der Waals surface area contributed by atoms with Crippen LogP contribution < -0.4 is 4.18 Å². The fourth-order valence-corrected chi connectivity index (χ4v) is 1.61. The minimum Gasteiger partial charge on any atom is -0.382 e. The maximum Gasteiger partial charge on any atom is 0.306 e. The molecule has 0 saturated heterocycles. The quantitative estimate of drug-likeness (QED) is 0.347. The molecule has 1 rings (SSSR count). The van der Waals surface area contributed by atoms with E-state index in [-0.39, 0.29) is 17.0 Å². The molecule has 1 aromatic carbocycles. The zero-order valence-electron chi connectivity index (χ0n) is 9.04. The van der Waals surface area contributed by atoms with E-state index in [2.05, 4.69) is 4.18 Å². The van der Waals surface area contributed by atoms with Crippen LogP contribution in [0.1, 0.15) is 17.3 Å². The van der Waals surface area contributed by atoms with Gasteiger partial charge in [-0.25, -0.2) is 0 Å². The van der Waals surface area contributed by atoms with Gasteiger partial charge < -0.3 is 4.18 Å². The molecule has 1 aromatic rings. The number of Topliss-reactive ketones (excluding diaryl/α,β-unsaturated/α-hetero) is 1. The molecule has 0 radical (unpaired) electrons. The van der Waals surface area contributed by atoms with Crippen molar-refractivity contribution in [3.05, 3.63) is 33.9 Å². The van der Waals surface area contributed by atoms with Gasteiger partial charge in [-0.2, -0.15) is 8.42 Å².